The summed E-state index contributed by atoms with van der Waals surface area (Å²) in [5.74, 6) is 0.607. The minimum absolute atomic E-state index is 0.213. The Labute approximate surface area is 122 Å². The van der Waals surface area contributed by atoms with Crippen LogP contribution in [0.3, 0.4) is 0 Å². The maximum atomic E-state index is 6.45. The first kappa shape index (κ1) is 15.0. The third-order valence-electron chi connectivity index (χ3n) is 4.32. The zero-order chi connectivity index (χ0) is 14.5. The van der Waals surface area contributed by atoms with Crippen LogP contribution < -0.4 is 5.73 Å². The van der Waals surface area contributed by atoms with Gasteiger partial charge in [-0.05, 0) is 18.4 Å². The number of unbranched alkanes of at least 4 members (excludes halogenated alkanes) is 1. The number of aryl methyl sites for hydroxylation is 1. The number of rotatable bonds is 7. The van der Waals surface area contributed by atoms with E-state index in [9.17, 15) is 0 Å². The lowest BCUT2D eigenvalue weighted by Crippen LogP contribution is -2.32. The highest BCUT2D eigenvalue weighted by Gasteiger charge is 2.19. The largest absolute Gasteiger partial charge is 0.327 e. The Morgan fingerprint density at radius 2 is 2.00 bits per heavy atom. The molecule has 1 aromatic heterocycles. The topological polar surface area (TPSA) is 43.8 Å². The Hall–Kier alpha value is -1.35. The second kappa shape index (κ2) is 6.89. The zero-order valence-electron chi connectivity index (χ0n) is 13.0. The molecule has 3 nitrogen and oxygen atoms in total. The molecule has 0 aliphatic rings. The van der Waals surface area contributed by atoms with E-state index in [-0.39, 0.29) is 6.04 Å². The molecule has 2 aromatic rings. The van der Waals surface area contributed by atoms with Crippen molar-refractivity contribution >= 4 is 10.9 Å². The van der Waals surface area contributed by atoms with Gasteiger partial charge in [0.05, 0.1) is 11.2 Å². The van der Waals surface area contributed by atoms with E-state index in [1.54, 1.807) is 0 Å². The molecular formula is C17H27N3. The molecule has 0 radical (unpaired) electrons. The summed E-state index contributed by atoms with van der Waals surface area (Å²) in [4.78, 5) is 0. The zero-order valence-corrected chi connectivity index (χ0v) is 13.0. The summed E-state index contributed by atoms with van der Waals surface area (Å²) in [6.45, 7) is 4.49. The average molecular weight is 273 g/mol. The molecule has 0 amide bonds. The smallest absolute Gasteiger partial charge is 0.0718 e. The Balaban J connectivity index is 2.14. The summed E-state index contributed by atoms with van der Waals surface area (Å²) in [5, 5.41) is 5.91. The van der Waals surface area contributed by atoms with Gasteiger partial charge in [0.25, 0.3) is 0 Å². The Morgan fingerprint density at radius 3 is 2.70 bits per heavy atom. The number of aromatic nitrogens is 2. The van der Waals surface area contributed by atoms with Gasteiger partial charge in [-0.2, -0.15) is 5.10 Å². The summed E-state index contributed by atoms with van der Waals surface area (Å²) in [6, 6.07) is 8.62. The van der Waals surface area contributed by atoms with Crippen LogP contribution in [-0.2, 0) is 13.5 Å². The molecule has 110 valence electrons. The third kappa shape index (κ3) is 3.21. The highest BCUT2D eigenvalue weighted by Crippen LogP contribution is 2.22. The maximum Gasteiger partial charge on any atom is 0.0718 e. The van der Waals surface area contributed by atoms with E-state index in [4.69, 9.17) is 5.73 Å². The summed E-state index contributed by atoms with van der Waals surface area (Å²) in [6.07, 6.45) is 5.79. The second-order valence-corrected chi connectivity index (χ2v) is 5.77. The van der Waals surface area contributed by atoms with E-state index in [1.807, 2.05) is 11.7 Å². The molecule has 2 rings (SSSR count). The van der Waals surface area contributed by atoms with Crippen LogP contribution >= 0.6 is 0 Å². The monoisotopic (exact) mass is 273 g/mol. The van der Waals surface area contributed by atoms with Gasteiger partial charge in [0.15, 0.2) is 0 Å². The van der Waals surface area contributed by atoms with Gasteiger partial charge in [0, 0.05) is 24.9 Å². The third-order valence-corrected chi connectivity index (χ3v) is 4.32. The summed E-state index contributed by atoms with van der Waals surface area (Å²) < 4.78 is 1.96. The van der Waals surface area contributed by atoms with Crippen molar-refractivity contribution < 1.29 is 0 Å². The molecule has 0 aliphatic carbocycles. The number of fused-ring (bicyclic) bond motifs is 1. The minimum Gasteiger partial charge on any atom is -0.327 e. The fourth-order valence-electron chi connectivity index (χ4n) is 3.02. The molecule has 0 saturated carbocycles. The van der Waals surface area contributed by atoms with Gasteiger partial charge in [-0.25, -0.2) is 0 Å². The molecule has 2 N–H and O–H groups in total. The van der Waals surface area contributed by atoms with Crippen molar-refractivity contribution in [2.75, 3.05) is 0 Å². The molecule has 3 heteroatoms. The molecule has 0 fully saturated rings. The Kier molecular flexibility index (Phi) is 5.18. The van der Waals surface area contributed by atoms with Crippen LogP contribution in [0.2, 0.25) is 0 Å². The number of para-hydroxylation sites is 1. The predicted molar refractivity (Wildman–Crippen MR) is 85.7 cm³/mol. The lowest BCUT2D eigenvalue weighted by Gasteiger charge is -2.21. The van der Waals surface area contributed by atoms with Crippen molar-refractivity contribution in [2.24, 2.45) is 18.7 Å². The number of benzene rings is 1. The highest BCUT2D eigenvalue weighted by atomic mass is 15.3. The van der Waals surface area contributed by atoms with Gasteiger partial charge in [-0.3, -0.25) is 4.68 Å². The van der Waals surface area contributed by atoms with Crippen LogP contribution in [0.5, 0.6) is 0 Å². The van der Waals surface area contributed by atoms with E-state index in [0.29, 0.717) is 5.92 Å². The normalized spacial score (nSPS) is 14.6. The lowest BCUT2D eigenvalue weighted by molar-refractivity contribution is 0.367. The van der Waals surface area contributed by atoms with E-state index in [1.165, 1.54) is 30.2 Å². The van der Waals surface area contributed by atoms with Crippen LogP contribution in [0.25, 0.3) is 10.9 Å². The van der Waals surface area contributed by atoms with Gasteiger partial charge >= 0.3 is 0 Å². The summed E-state index contributed by atoms with van der Waals surface area (Å²) in [5.41, 5.74) is 8.79. The highest BCUT2D eigenvalue weighted by molar-refractivity contribution is 5.81. The van der Waals surface area contributed by atoms with Crippen molar-refractivity contribution in [3.63, 3.8) is 0 Å². The molecule has 20 heavy (non-hydrogen) atoms. The average Bonchev–Trinajstić information content (AvgIpc) is 2.77. The van der Waals surface area contributed by atoms with Crippen molar-refractivity contribution in [3.8, 4) is 0 Å². The Bertz CT molecular complexity index is 544. The van der Waals surface area contributed by atoms with Gasteiger partial charge in [0.2, 0.25) is 0 Å². The van der Waals surface area contributed by atoms with Gasteiger partial charge in [0.1, 0.15) is 0 Å². The van der Waals surface area contributed by atoms with Gasteiger partial charge in [-0.1, -0.05) is 51.3 Å². The minimum atomic E-state index is 0.213. The maximum absolute atomic E-state index is 6.45. The van der Waals surface area contributed by atoms with Crippen LogP contribution in [0.15, 0.2) is 24.3 Å². The fraction of sp³-hybridized carbons (Fsp3) is 0.588. The second-order valence-electron chi connectivity index (χ2n) is 5.77. The van der Waals surface area contributed by atoms with Crippen molar-refractivity contribution in [3.05, 3.63) is 30.0 Å². The van der Waals surface area contributed by atoms with E-state index in [0.717, 1.165) is 18.5 Å². The molecular weight excluding hydrogens is 246 g/mol. The molecule has 0 spiro atoms. The number of hydrogen-bond acceptors (Lipinski definition) is 2. The number of hydrogen-bond donors (Lipinski definition) is 1. The quantitative estimate of drug-likeness (QED) is 0.836. The van der Waals surface area contributed by atoms with Crippen LogP contribution in [0.4, 0.5) is 0 Å². The molecule has 0 bridgehead atoms. The van der Waals surface area contributed by atoms with Gasteiger partial charge < -0.3 is 5.73 Å². The molecule has 1 heterocycles. The number of nitrogens with zero attached hydrogens (tertiary/aromatic N) is 2. The van der Waals surface area contributed by atoms with E-state index < -0.39 is 0 Å². The first-order valence-electron chi connectivity index (χ1n) is 7.83. The number of nitrogens with two attached hydrogens (primary N) is 1. The van der Waals surface area contributed by atoms with Gasteiger partial charge in [-0.15, -0.1) is 0 Å². The van der Waals surface area contributed by atoms with E-state index in [2.05, 4.69) is 43.2 Å². The van der Waals surface area contributed by atoms with E-state index >= 15 is 0 Å². The Morgan fingerprint density at radius 1 is 1.25 bits per heavy atom. The van der Waals surface area contributed by atoms with Crippen LogP contribution in [-0.4, -0.2) is 15.8 Å². The first-order chi connectivity index (χ1) is 9.67. The molecule has 0 saturated heterocycles. The first-order valence-corrected chi connectivity index (χ1v) is 7.83. The SMILES string of the molecule is CCCCC(CC)C(N)Cc1nn(C)c2ccccc12. The molecule has 2 unspecified atom stereocenters. The van der Waals surface area contributed by atoms with Crippen molar-refractivity contribution in [1.29, 1.82) is 0 Å². The fourth-order valence-corrected chi connectivity index (χ4v) is 3.02. The predicted octanol–water partition coefficient (Wildman–Crippen LogP) is 3.66. The summed E-state index contributed by atoms with van der Waals surface area (Å²) in [7, 11) is 2.01. The van der Waals surface area contributed by atoms with Crippen molar-refractivity contribution in [2.45, 2.75) is 52.0 Å². The van der Waals surface area contributed by atoms with Crippen LogP contribution in [0.1, 0.15) is 45.2 Å². The van der Waals surface area contributed by atoms with Crippen LogP contribution in [0, 0.1) is 5.92 Å². The standard InChI is InChI=1S/C17H27N3/c1-4-6-9-13(5-2)15(18)12-16-14-10-7-8-11-17(14)20(3)19-16/h7-8,10-11,13,15H,4-6,9,12,18H2,1-3H3. The molecule has 2 atom stereocenters. The van der Waals surface area contributed by atoms with Crippen molar-refractivity contribution in [1.82, 2.24) is 9.78 Å². The molecule has 0 aliphatic heterocycles. The lowest BCUT2D eigenvalue weighted by atomic mass is 9.89. The molecule has 1 aromatic carbocycles. The summed E-state index contributed by atoms with van der Waals surface area (Å²) >= 11 is 0.